The second-order valence-corrected chi connectivity index (χ2v) is 7.93. The van der Waals surface area contributed by atoms with Crippen LogP contribution in [0.15, 0.2) is 42.5 Å². The van der Waals surface area contributed by atoms with Crippen LogP contribution in [-0.2, 0) is 0 Å². The topological polar surface area (TPSA) is 52.7 Å². The van der Waals surface area contributed by atoms with Gasteiger partial charge in [-0.3, -0.25) is 9.59 Å². The lowest BCUT2D eigenvalue weighted by Gasteiger charge is -2.32. The van der Waals surface area contributed by atoms with Crippen molar-refractivity contribution in [3.63, 3.8) is 0 Å². The van der Waals surface area contributed by atoms with E-state index in [2.05, 4.69) is 24.1 Å². The van der Waals surface area contributed by atoms with Crippen LogP contribution in [0.3, 0.4) is 0 Å². The van der Waals surface area contributed by atoms with Crippen molar-refractivity contribution in [2.45, 2.75) is 19.8 Å². The summed E-state index contributed by atoms with van der Waals surface area (Å²) in [6, 6.07) is 12.5. The van der Waals surface area contributed by atoms with Crippen LogP contribution in [0.5, 0.6) is 0 Å². The van der Waals surface area contributed by atoms with Crippen LogP contribution in [0.4, 0.5) is 5.69 Å². The molecule has 1 aliphatic heterocycles. The lowest BCUT2D eigenvalue weighted by Crippen LogP contribution is -2.47. The van der Waals surface area contributed by atoms with Gasteiger partial charge >= 0.3 is 0 Å². The molecule has 1 aliphatic rings. The molecule has 1 saturated heterocycles. The summed E-state index contributed by atoms with van der Waals surface area (Å²) in [6.07, 6.45) is 0. The molecule has 0 bridgehead atoms. The van der Waals surface area contributed by atoms with Crippen LogP contribution in [0.1, 0.15) is 46.0 Å². The second-order valence-electron chi connectivity index (χ2n) is 7.52. The number of hydrogen-bond acceptors (Lipinski definition) is 3. The van der Waals surface area contributed by atoms with Crippen molar-refractivity contribution < 1.29 is 9.59 Å². The fourth-order valence-electron chi connectivity index (χ4n) is 3.16. The molecule has 0 spiro atoms. The molecule has 6 heteroatoms. The highest BCUT2D eigenvalue weighted by Crippen LogP contribution is 2.25. The van der Waals surface area contributed by atoms with E-state index in [4.69, 9.17) is 11.6 Å². The minimum absolute atomic E-state index is 0.0402. The Morgan fingerprint density at radius 1 is 0.964 bits per heavy atom. The molecule has 28 heavy (non-hydrogen) atoms. The zero-order chi connectivity index (χ0) is 20.3. The lowest BCUT2D eigenvalue weighted by atomic mass is 10.0. The number of anilines is 1. The summed E-state index contributed by atoms with van der Waals surface area (Å²) >= 11 is 6.26. The average Bonchev–Trinajstić information content (AvgIpc) is 2.69. The Hall–Kier alpha value is -2.37. The van der Waals surface area contributed by atoms with Crippen LogP contribution < -0.4 is 5.32 Å². The molecule has 1 heterocycles. The standard InChI is InChI=1S/C22H26ClN3O2/c1-15(2)16-4-6-17(7-5-16)21(27)24-20-14-18(8-9-19(20)23)22(28)26-12-10-25(3)11-13-26/h4-9,14-15H,10-13H2,1-3H3,(H,24,27). The van der Waals surface area contributed by atoms with Crippen LogP contribution in [0.25, 0.3) is 0 Å². The molecule has 1 fully saturated rings. The maximum Gasteiger partial charge on any atom is 0.255 e. The van der Waals surface area contributed by atoms with Crippen LogP contribution in [-0.4, -0.2) is 54.8 Å². The van der Waals surface area contributed by atoms with Gasteiger partial charge in [0.15, 0.2) is 0 Å². The van der Waals surface area contributed by atoms with E-state index in [1.165, 1.54) is 5.56 Å². The van der Waals surface area contributed by atoms with E-state index in [1.807, 2.05) is 24.1 Å². The zero-order valence-electron chi connectivity index (χ0n) is 16.5. The van der Waals surface area contributed by atoms with E-state index in [0.29, 0.717) is 40.8 Å². The van der Waals surface area contributed by atoms with Gasteiger partial charge in [-0.25, -0.2) is 0 Å². The van der Waals surface area contributed by atoms with E-state index in [1.54, 1.807) is 30.3 Å². The number of rotatable bonds is 4. The smallest absolute Gasteiger partial charge is 0.255 e. The van der Waals surface area contributed by atoms with E-state index >= 15 is 0 Å². The van der Waals surface area contributed by atoms with Gasteiger partial charge in [-0.1, -0.05) is 37.6 Å². The molecule has 3 rings (SSSR count). The maximum absolute atomic E-state index is 12.8. The van der Waals surface area contributed by atoms with Crippen LogP contribution >= 0.6 is 11.6 Å². The van der Waals surface area contributed by atoms with Gasteiger partial charge in [-0.15, -0.1) is 0 Å². The van der Waals surface area contributed by atoms with Crippen molar-refractivity contribution in [1.29, 1.82) is 0 Å². The predicted octanol–water partition coefficient (Wildman–Crippen LogP) is 4.10. The fraction of sp³-hybridized carbons (Fsp3) is 0.364. The van der Waals surface area contributed by atoms with Gasteiger partial charge in [0.1, 0.15) is 0 Å². The monoisotopic (exact) mass is 399 g/mol. The summed E-state index contributed by atoms with van der Waals surface area (Å²) in [5.74, 6) is 0.117. The highest BCUT2D eigenvalue weighted by Gasteiger charge is 2.21. The highest BCUT2D eigenvalue weighted by molar-refractivity contribution is 6.34. The molecule has 1 N–H and O–H groups in total. The van der Waals surface area contributed by atoms with Gasteiger partial charge in [0.25, 0.3) is 11.8 Å². The second kappa shape index (κ2) is 8.76. The van der Waals surface area contributed by atoms with Crippen molar-refractivity contribution in [1.82, 2.24) is 9.80 Å². The van der Waals surface area contributed by atoms with Gasteiger partial charge in [0, 0.05) is 37.3 Å². The Balaban J connectivity index is 1.74. The Morgan fingerprint density at radius 2 is 1.57 bits per heavy atom. The first-order valence-corrected chi connectivity index (χ1v) is 9.91. The number of likely N-dealkylation sites (N-methyl/N-ethyl adjacent to an activating group) is 1. The quantitative estimate of drug-likeness (QED) is 0.841. The number of carbonyl (C=O) groups is 2. The number of carbonyl (C=O) groups excluding carboxylic acids is 2. The molecule has 0 aromatic heterocycles. The minimum Gasteiger partial charge on any atom is -0.336 e. The number of benzene rings is 2. The molecule has 0 saturated carbocycles. The molecule has 0 unspecified atom stereocenters. The summed E-state index contributed by atoms with van der Waals surface area (Å²) in [6.45, 7) is 7.32. The molecule has 0 aliphatic carbocycles. The molecule has 2 amide bonds. The third-order valence-corrected chi connectivity index (χ3v) is 5.42. The summed E-state index contributed by atoms with van der Waals surface area (Å²) in [5.41, 5.74) is 2.70. The SMILES string of the molecule is CC(C)c1ccc(C(=O)Nc2cc(C(=O)N3CCN(C)CC3)ccc2Cl)cc1. The Kier molecular flexibility index (Phi) is 6.37. The lowest BCUT2D eigenvalue weighted by molar-refractivity contribution is 0.0664. The summed E-state index contributed by atoms with van der Waals surface area (Å²) in [5, 5.41) is 3.24. The van der Waals surface area contributed by atoms with Crippen LogP contribution in [0, 0.1) is 0 Å². The van der Waals surface area contributed by atoms with Crippen molar-refractivity contribution >= 4 is 29.1 Å². The molecule has 0 atom stereocenters. The highest BCUT2D eigenvalue weighted by atomic mass is 35.5. The van der Waals surface area contributed by atoms with Crippen molar-refractivity contribution in [2.75, 3.05) is 38.5 Å². The molecule has 0 radical (unpaired) electrons. The summed E-state index contributed by atoms with van der Waals surface area (Å²) in [7, 11) is 2.05. The van der Waals surface area contributed by atoms with Gasteiger partial charge in [-0.05, 0) is 48.9 Å². The van der Waals surface area contributed by atoms with Crippen molar-refractivity contribution in [2.24, 2.45) is 0 Å². The number of piperazine rings is 1. The Bertz CT molecular complexity index is 857. The number of amides is 2. The van der Waals surface area contributed by atoms with Gasteiger partial charge in [0.05, 0.1) is 10.7 Å². The predicted molar refractivity (Wildman–Crippen MR) is 113 cm³/mol. The summed E-state index contributed by atoms with van der Waals surface area (Å²) < 4.78 is 0. The third kappa shape index (κ3) is 4.72. The number of halogens is 1. The van der Waals surface area contributed by atoms with Gasteiger partial charge in [-0.2, -0.15) is 0 Å². The van der Waals surface area contributed by atoms with E-state index in [-0.39, 0.29) is 11.8 Å². The molecular weight excluding hydrogens is 374 g/mol. The Labute approximate surface area is 171 Å². The number of nitrogens with one attached hydrogen (secondary N) is 1. The molecular formula is C22H26ClN3O2. The number of hydrogen-bond donors (Lipinski definition) is 1. The third-order valence-electron chi connectivity index (χ3n) is 5.09. The zero-order valence-corrected chi connectivity index (χ0v) is 17.3. The summed E-state index contributed by atoms with van der Waals surface area (Å²) in [4.78, 5) is 29.4. The van der Waals surface area contributed by atoms with Crippen molar-refractivity contribution in [3.8, 4) is 0 Å². The number of nitrogens with zero attached hydrogens (tertiary/aromatic N) is 2. The normalized spacial score (nSPS) is 15.0. The molecule has 2 aromatic rings. The largest absolute Gasteiger partial charge is 0.336 e. The first-order valence-electron chi connectivity index (χ1n) is 9.54. The maximum atomic E-state index is 12.8. The first kappa shape index (κ1) is 20.4. The first-order chi connectivity index (χ1) is 13.3. The van der Waals surface area contributed by atoms with E-state index in [9.17, 15) is 9.59 Å². The minimum atomic E-state index is -0.249. The van der Waals surface area contributed by atoms with Crippen LogP contribution in [0.2, 0.25) is 5.02 Å². The average molecular weight is 400 g/mol. The van der Waals surface area contributed by atoms with E-state index < -0.39 is 0 Å². The fourth-order valence-corrected chi connectivity index (χ4v) is 3.32. The molecule has 2 aromatic carbocycles. The molecule has 5 nitrogen and oxygen atoms in total. The Morgan fingerprint density at radius 3 is 2.18 bits per heavy atom. The van der Waals surface area contributed by atoms with Crippen molar-refractivity contribution in [3.05, 3.63) is 64.2 Å². The van der Waals surface area contributed by atoms with E-state index in [0.717, 1.165) is 13.1 Å². The van der Waals surface area contributed by atoms with Gasteiger partial charge in [0.2, 0.25) is 0 Å². The van der Waals surface area contributed by atoms with Gasteiger partial charge < -0.3 is 15.1 Å². The molecule has 148 valence electrons.